The summed E-state index contributed by atoms with van der Waals surface area (Å²) in [6, 6.07) is 11.0. The normalized spacial score (nSPS) is 18.2. The molecule has 1 unspecified atom stereocenters. The van der Waals surface area contributed by atoms with Crippen LogP contribution in [0.4, 0.5) is 15.9 Å². The van der Waals surface area contributed by atoms with Crippen LogP contribution in [0.15, 0.2) is 36.4 Å². The fraction of sp³-hybridized carbons (Fsp3) is 0.346. The van der Waals surface area contributed by atoms with Crippen LogP contribution >= 0.6 is 0 Å². The lowest BCUT2D eigenvalue weighted by molar-refractivity contribution is 0.0526. The van der Waals surface area contributed by atoms with E-state index in [0.29, 0.717) is 11.6 Å². The van der Waals surface area contributed by atoms with Gasteiger partial charge in [-0.05, 0) is 74.9 Å². The van der Waals surface area contributed by atoms with Crippen LogP contribution in [0.2, 0.25) is 0 Å². The summed E-state index contributed by atoms with van der Waals surface area (Å²) in [6.07, 6.45) is 5.20. The maximum atomic E-state index is 14.3. The average molecular weight is 442 g/mol. The molecular formula is C26H24FN5O. The SMILES string of the molecule is Cc1nnc2nc(N3CCCc4c(C#CC5CCCCO5)cccc43)c3cc(F)ccc3n12. The number of benzene rings is 2. The van der Waals surface area contributed by atoms with E-state index in [2.05, 4.69) is 39.1 Å². The van der Waals surface area contributed by atoms with Gasteiger partial charge in [0.05, 0.1) is 5.52 Å². The van der Waals surface area contributed by atoms with Crippen LogP contribution in [-0.2, 0) is 11.2 Å². The molecule has 1 fully saturated rings. The Morgan fingerprint density at radius 2 is 2.06 bits per heavy atom. The van der Waals surface area contributed by atoms with Gasteiger partial charge in [-0.3, -0.25) is 4.40 Å². The molecule has 33 heavy (non-hydrogen) atoms. The summed E-state index contributed by atoms with van der Waals surface area (Å²) in [5.41, 5.74) is 4.14. The Hall–Kier alpha value is -3.50. The molecule has 0 amide bonds. The first-order valence-electron chi connectivity index (χ1n) is 11.5. The molecule has 0 radical (unpaired) electrons. The van der Waals surface area contributed by atoms with Crippen LogP contribution in [0.1, 0.15) is 42.6 Å². The molecule has 2 aromatic carbocycles. The Bertz CT molecular complexity index is 1430. The highest BCUT2D eigenvalue weighted by Gasteiger charge is 2.25. The van der Waals surface area contributed by atoms with Crippen molar-refractivity contribution >= 4 is 28.2 Å². The fourth-order valence-electron chi connectivity index (χ4n) is 4.92. The van der Waals surface area contributed by atoms with Gasteiger partial charge < -0.3 is 9.64 Å². The molecule has 1 saturated heterocycles. The number of fused-ring (bicyclic) bond motifs is 4. The summed E-state index contributed by atoms with van der Waals surface area (Å²) in [7, 11) is 0. The van der Waals surface area contributed by atoms with E-state index < -0.39 is 0 Å². The van der Waals surface area contributed by atoms with Crippen molar-refractivity contribution in [1.29, 1.82) is 0 Å². The number of rotatable bonds is 1. The second-order valence-electron chi connectivity index (χ2n) is 8.66. The average Bonchev–Trinajstić information content (AvgIpc) is 3.23. The highest BCUT2D eigenvalue weighted by molar-refractivity contribution is 5.94. The Morgan fingerprint density at radius 1 is 1.12 bits per heavy atom. The van der Waals surface area contributed by atoms with E-state index in [1.54, 1.807) is 12.1 Å². The first-order valence-corrected chi connectivity index (χ1v) is 11.5. The molecule has 2 aliphatic heterocycles. The third-order valence-electron chi connectivity index (χ3n) is 6.51. The molecule has 6 rings (SSSR count). The van der Waals surface area contributed by atoms with E-state index in [4.69, 9.17) is 9.72 Å². The molecule has 0 spiro atoms. The minimum Gasteiger partial charge on any atom is -0.366 e. The van der Waals surface area contributed by atoms with Crippen molar-refractivity contribution in [1.82, 2.24) is 19.6 Å². The highest BCUT2D eigenvalue weighted by atomic mass is 19.1. The Labute approximate surface area is 191 Å². The van der Waals surface area contributed by atoms with Gasteiger partial charge >= 0.3 is 0 Å². The quantitative estimate of drug-likeness (QED) is 0.400. The second-order valence-corrected chi connectivity index (χ2v) is 8.66. The van der Waals surface area contributed by atoms with Crippen molar-refractivity contribution in [2.45, 2.75) is 45.1 Å². The van der Waals surface area contributed by atoms with Crippen molar-refractivity contribution in [2.75, 3.05) is 18.1 Å². The van der Waals surface area contributed by atoms with E-state index in [0.717, 1.165) is 66.8 Å². The number of hydrogen-bond acceptors (Lipinski definition) is 5. The summed E-state index contributed by atoms with van der Waals surface area (Å²) in [5, 5.41) is 9.18. The molecule has 0 bridgehead atoms. The summed E-state index contributed by atoms with van der Waals surface area (Å²) in [6.45, 7) is 3.46. The van der Waals surface area contributed by atoms with E-state index in [-0.39, 0.29) is 11.9 Å². The van der Waals surface area contributed by atoms with E-state index in [1.807, 2.05) is 17.4 Å². The molecule has 1 atom stereocenters. The number of anilines is 2. The van der Waals surface area contributed by atoms with Gasteiger partial charge in [0.15, 0.2) is 0 Å². The molecule has 4 heterocycles. The van der Waals surface area contributed by atoms with E-state index in [1.165, 1.54) is 18.1 Å². The van der Waals surface area contributed by atoms with Gasteiger partial charge in [0.2, 0.25) is 0 Å². The maximum absolute atomic E-state index is 14.3. The Kier molecular flexibility index (Phi) is 4.96. The summed E-state index contributed by atoms with van der Waals surface area (Å²) >= 11 is 0. The number of aryl methyl sites for hydroxylation is 1. The van der Waals surface area contributed by atoms with Gasteiger partial charge in [-0.2, -0.15) is 4.98 Å². The zero-order valence-corrected chi connectivity index (χ0v) is 18.5. The Balaban J connectivity index is 1.49. The molecule has 0 saturated carbocycles. The van der Waals surface area contributed by atoms with Crippen LogP contribution in [0, 0.1) is 24.6 Å². The van der Waals surface area contributed by atoms with Crippen LogP contribution in [0.3, 0.4) is 0 Å². The summed E-state index contributed by atoms with van der Waals surface area (Å²) in [5.74, 6) is 8.36. The lowest BCUT2D eigenvalue weighted by Gasteiger charge is -2.32. The molecular weight excluding hydrogens is 417 g/mol. The summed E-state index contributed by atoms with van der Waals surface area (Å²) < 4.78 is 22.0. The van der Waals surface area contributed by atoms with Crippen molar-refractivity contribution in [3.8, 4) is 11.8 Å². The zero-order chi connectivity index (χ0) is 22.4. The van der Waals surface area contributed by atoms with Gasteiger partial charge in [-0.15, -0.1) is 10.2 Å². The van der Waals surface area contributed by atoms with Crippen molar-refractivity contribution in [3.05, 3.63) is 59.2 Å². The smallest absolute Gasteiger partial charge is 0.257 e. The number of halogens is 1. The van der Waals surface area contributed by atoms with Crippen molar-refractivity contribution in [2.24, 2.45) is 0 Å². The van der Waals surface area contributed by atoms with Crippen molar-refractivity contribution in [3.63, 3.8) is 0 Å². The third kappa shape index (κ3) is 3.51. The van der Waals surface area contributed by atoms with Crippen LogP contribution < -0.4 is 4.90 Å². The van der Waals surface area contributed by atoms with Gasteiger partial charge in [0.25, 0.3) is 5.78 Å². The topological polar surface area (TPSA) is 55.5 Å². The minimum atomic E-state index is -0.292. The molecule has 7 heteroatoms. The van der Waals surface area contributed by atoms with Gasteiger partial charge in [-0.25, -0.2) is 4.39 Å². The lowest BCUT2D eigenvalue weighted by Crippen LogP contribution is -2.26. The van der Waals surface area contributed by atoms with E-state index in [9.17, 15) is 4.39 Å². The molecule has 4 aromatic rings. The Morgan fingerprint density at radius 3 is 2.94 bits per heavy atom. The number of ether oxygens (including phenoxy) is 1. The molecule has 2 aliphatic rings. The molecule has 2 aromatic heterocycles. The van der Waals surface area contributed by atoms with Gasteiger partial charge in [0.1, 0.15) is 23.6 Å². The van der Waals surface area contributed by atoms with Crippen molar-refractivity contribution < 1.29 is 9.13 Å². The maximum Gasteiger partial charge on any atom is 0.257 e. The summed E-state index contributed by atoms with van der Waals surface area (Å²) in [4.78, 5) is 7.00. The molecule has 0 N–H and O–H groups in total. The highest BCUT2D eigenvalue weighted by Crippen LogP contribution is 2.38. The lowest BCUT2D eigenvalue weighted by atomic mass is 9.95. The van der Waals surface area contributed by atoms with Crippen LogP contribution in [-0.4, -0.2) is 38.8 Å². The molecule has 0 aliphatic carbocycles. The number of hydrogen-bond donors (Lipinski definition) is 0. The minimum absolute atomic E-state index is 0.0153. The molecule has 166 valence electrons. The second kappa shape index (κ2) is 8.13. The standard InChI is InChI=1S/C26H24FN5O/c1-17-29-30-26-28-25(22-16-19(27)11-13-24(22)32(17)26)31-14-5-8-21-18(6-4-9-23(21)31)10-12-20-7-2-3-15-33-20/h4,6,9,11,13,16,20H,2-3,5,7-8,14-15H2,1H3. The predicted molar refractivity (Wildman–Crippen MR) is 125 cm³/mol. The van der Waals surface area contributed by atoms with Gasteiger partial charge in [-0.1, -0.05) is 17.9 Å². The number of aromatic nitrogens is 4. The third-order valence-corrected chi connectivity index (χ3v) is 6.51. The predicted octanol–water partition coefficient (Wildman–Crippen LogP) is 4.73. The number of nitrogens with zero attached hydrogens (tertiary/aromatic N) is 5. The first kappa shape index (κ1) is 20.1. The van der Waals surface area contributed by atoms with Crippen LogP contribution in [0.5, 0.6) is 0 Å². The molecule has 6 nitrogen and oxygen atoms in total. The largest absolute Gasteiger partial charge is 0.366 e. The monoisotopic (exact) mass is 441 g/mol. The first-order chi connectivity index (χ1) is 16.2. The zero-order valence-electron chi connectivity index (χ0n) is 18.5. The van der Waals surface area contributed by atoms with Crippen LogP contribution in [0.25, 0.3) is 16.7 Å². The van der Waals surface area contributed by atoms with E-state index >= 15 is 0 Å². The fourth-order valence-corrected chi connectivity index (χ4v) is 4.92. The van der Waals surface area contributed by atoms with Gasteiger partial charge in [0, 0.05) is 29.8 Å².